The number of para-hydroxylation sites is 1. The monoisotopic (exact) mass is 329 g/mol. The highest BCUT2D eigenvalue weighted by Gasteiger charge is 2.12. The topological polar surface area (TPSA) is 93.4 Å². The minimum Gasteiger partial charge on any atom is -0.382 e. The summed E-state index contributed by atoms with van der Waals surface area (Å²) in [6.07, 6.45) is 1.01. The Kier molecular flexibility index (Phi) is 11.1. The second kappa shape index (κ2) is 12.0. The molecule has 0 saturated heterocycles. The molecule has 1 aromatic carbocycles. The Bertz CT molecular complexity index is 469. The van der Waals surface area contributed by atoms with Crippen molar-refractivity contribution in [3.63, 3.8) is 0 Å². The first-order valence-electron chi connectivity index (χ1n) is 7.14. The van der Waals surface area contributed by atoms with Gasteiger partial charge in [0.05, 0.1) is 11.3 Å². The van der Waals surface area contributed by atoms with Gasteiger partial charge in [-0.05, 0) is 25.5 Å². The van der Waals surface area contributed by atoms with Crippen molar-refractivity contribution in [2.24, 2.45) is 5.73 Å². The number of benzene rings is 1. The lowest BCUT2D eigenvalue weighted by molar-refractivity contribution is -0.116. The minimum atomic E-state index is -0.245. The zero-order valence-electron chi connectivity index (χ0n) is 12.8. The van der Waals surface area contributed by atoms with E-state index in [9.17, 15) is 9.59 Å². The largest absolute Gasteiger partial charge is 0.382 e. The van der Waals surface area contributed by atoms with Crippen LogP contribution in [0.25, 0.3) is 0 Å². The first kappa shape index (κ1) is 20.4. The van der Waals surface area contributed by atoms with Crippen molar-refractivity contribution in [1.82, 2.24) is 5.32 Å². The predicted octanol–water partition coefficient (Wildman–Crippen LogP) is 1.55. The van der Waals surface area contributed by atoms with Gasteiger partial charge in [-0.1, -0.05) is 12.1 Å². The molecule has 0 bridgehead atoms. The summed E-state index contributed by atoms with van der Waals surface area (Å²) in [6.45, 7) is 3.89. The molecule has 2 amide bonds. The zero-order chi connectivity index (χ0) is 15.5. The van der Waals surface area contributed by atoms with Crippen LogP contribution in [0, 0.1) is 0 Å². The summed E-state index contributed by atoms with van der Waals surface area (Å²) in [5, 5.41) is 5.45. The van der Waals surface area contributed by atoms with Crippen LogP contribution in [0.3, 0.4) is 0 Å². The number of carbonyl (C=O) groups excluding carboxylic acids is 2. The third kappa shape index (κ3) is 7.40. The Morgan fingerprint density at radius 2 is 2.00 bits per heavy atom. The predicted molar refractivity (Wildman–Crippen MR) is 89.4 cm³/mol. The number of hydrogen-bond acceptors (Lipinski definition) is 4. The van der Waals surface area contributed by atoms with Crippen LogP contribution in [0.4, 0.5) is 5.69 Å². The van der Waals surface area contributed by atoms with Crippen LogP contribution < -0.4 is 16.4 Å². The number of nitrogens with one attached hydrogen (secondary N) is 2. The van der Waals surface area contributed by atoms with E-state index in [1.807, 2.05) is 6.92 Å². The van der Waals surface area contributed by atoms with Crippen molar-refractivity contribution in [3.8, 4) is 0 Å². The summed E-state index contributed by atoms with van der Waals surface area (Å²) in [5.41, 5.74) is 6.30. The highest BCUT2D eigenvalue weighted by atomic mass is 35.5. The molecule has 0 fully saturated rings. The molecule has 0 aliphatic rings. The van der Waals surface area contributed by atoms with Crippen molar-refractivity contribution < 1.29 is 14.3 Å². The lowest BCUT2D eigenvalue weighted by Gasteiger charge is -2.11. The average molecular weight is 330 g/mol. The first-order chi connectivity index (χ1) is 10.2. The summed E-state index contributed by atoms with van der Waals surface area (Å²) >= 11 is 0. The molecule has 0 aromatic heterocycles. The summed E-state index contributed by atoms with van der Waals surface area (Å²) in [5.74, 6) is -0.376. The Labute approximate surface area is 137 Å². The summed E-state index contributed by atoms with van der Waals surface area (Å²) in [6, 6.07) is 6.90. The third-order valence-corrected chi connectivity index (χ3v) is 2.77. The van der Waals surface area contributed by atoms with Crippen LogP contribution >= 0.6 is 12.4 Å². The average Bonchev–Trinajstić information content (AvgIpc) is 2.50. The van der Waals surface area contributed by atoms with Crippen molar-refractivity contribution in [2.75, 3.05) is 31.6 Å². The molecule has 6 nitrogen and oxygen atoms in total. The summed E-state index contributed by atoms with van der Waals surface area (Å²) in [4.78, 5) is 23.8. The van der Waals surface area contributed by atoms with Crippen LogP contribution in [-0.4, -0.2) is 38.1 Å². The maximum atomic E-state index is 12.0. The van der Waals surface area contributed by atoms with E-state index in [-0.39, 0.29) is 24.2 Å². The van der Waals surface area contributed by atoms with Gasteiger partial charge in [0.2, 0.25) is 5.91 Å². The molecule has 0 aliphatic carbocycles. The maximum absolute atomic E-state index is 12.0. The fraction of sp³-hybridized carbons (Fsp3) is 0.467. The number of carbonyl (C=O) groups is 2. The number of rotatable bonds is 9. The Morgan fingerprint density at radius 3 is 2.68 bits per heavy atom. The van der Waals surface area contributed by atoms with Gasteiger partial charge < -0.3 is 21.1 Å². The molecular formula is C15H24ClN3O3. The molecule has 0 heterocycles. The summed E-state index contributed by atoms with van der Waals surface area (Å²) < 4.78 is 5.18. The molecular weight excluding hydrogens is 306 g/mol. The smallest absolute Gasteiger partial charge is 0.253 e. The van der Waals surface area contributed by atoms with Crippen molar-refractivity contribution in [2.45, 2.75) is 19.8 Å². The molecule has 0 atom stereocenters. The first-order valence-corrected chi connectivity index (χ1v) is 7.14. The number of anilines is 1. The van der Waals surface area contributed by atoms with Gasteiger partial charge in [0, 0.05) is 32.7 Å². The lowest BCUT2D eigenvalue weighted by Crippen LogP contribution is -2.30. The number of nitrogens with two attached hydrogens (primary N) is 1. The molecule has 4 N–H and O–H groups in total. The summed E-state index contributed by atoms with van der Waals surface area (Å²) in [7, 11) is 0. The molecule has 124 valence electrons. The Hall–Kier alpha value is -1.63. The van der Waals surface area contributed by atoms with E-state index in [0.717, 1.165) is 0 Å². The second-order valence-corrected chi connectivity index (χ2v) is 4.44. The van der Waals surface area contributed by atoms with Gasteiger partial charge in [-0.3, -0.25) is 9.59 Å². The highest BCUT2D eigenvalue weighted by molar-refractivity contribution is 6.03. The Balaban J connectivity index is 0.00000441. The van der Waals surface area contributed by atoms with Gasteiger partial charge in [0.25, 0.3) is 5.91 Å². The van der Waals surface area contributed by atoms with Gasteiger partial charge in [-0.15, -0.1) is 12.4 Å². The van der Waals surface area contributed by atoms with E-state index in [1.165, 1.54) is 0 Å². The van der Waals surface area contributed by atoms with E-state index < -0.39 is 0 Å². The van der Waals surface area contributed by atoms with Crippen LogP contribution in [0.2, 0.25) is 0 Å². The van der Waals surface area contributed by atoms with E-state index in [0.29, 0.717) is 50.4 Å². The SMILES string of the molecule is CCOCCCC(=O)Nc1ccccc1C(=O)NCCN.Cl. The molecule has 1 rings (SSSR count). The van der Waals surface area contributed by atoms with Gasteiger partial charge in [0.1, 0.15) is 0 Å². The van der Waals surface area contributed by atoms with E-state index in [4.69, 9.17) is 10.5 Å². The van der Waals surface area contributed by atoms with Crippen LogP contribution in [0.1, 0.15) is 30.1 Å². The molecule has 0 aliphatic heterocycles. The molecule has 1 aromatic rings. The van der Waals surface area contributed by atoms with Gasteiger partial charge in [0.15, 0.2) is 0 Å². The van der Waals surface area contributed by atoms with E-state index >= 15 is 0 Å². The fourth-order valence-electron chi connectivity index (χ4n) is 1.76. The molecule has 0 unspecified atom stereocenters. The molecule has 22 heavy (non-hydrogen) atoms. The lowest BCUT2D eigenvalue weighted by atomic mass is 10.1. The molecule has 0 saturated carbocycles. The standard InChI is InChI=1S/C15H23N3O3.ClH/c1-2-21-11-5-8-14(19)18-13-7-4-3-6-12(13)15(20)17-10-9-16;/h3-4,6-7H,2,5,8-11,16H2,1H3,(H,17,20)(H,18,19);1H. The van der Waals surface area contributed by atoms with E-state index in [2.05, 4.69) is 10.6 Å². The van der Waals surface area contributed by atoms with Crippen molar-refractivity contribution in [3.05, 3.63) is 29.8 Å². The normalized spacial score (nSPS) is 9.73. The third-order valence-electron chi connectivity index (χ3n) is 2.77. The van der Waals surface area contributed by atoms with Gasteiger partial charge in [-0.2, -0.15) is 0 Å². The second-order valence-electron chi connectivity index (χ2n) is 4.44. The van der Waals surface area contributed by atoms with Crippen molar-refractivity contribution in [1.29, 1.82) is 0 Å². The molecule has 0 radical (unpaired) electrons. The highest BCUT2D eigenvalue weighted by Crippen LogP contribution is 2.15. The van der Waals surface area contributed by atoms with Crippen LogP contribution in [-0.2, 0) is 9.53 Å². The van der Waals surface area contributed by atoms with Crippen LogP contribution in [0.5, 0.6) is 0 Å². The van der Waals surface area contributed by atoms with Crippen LogP contribution in [0.15, 0.2) is 24.3 Å². The quantitative estimate of drug-likeness (QED) is 0.599. The molecule has 7 heteroatoms. The fourth-order valence-corrected chi connectivity index (χ4v) is 1.76. The number of ether oxygens (including phenoxy) is 1. The van der Waals surface area contributed by atoms with E-state index in [1.54, 1.807) is 24.3 Å². The van der Waals surface area contributed by atoms with Gasteiger partial charge >= 0.3 is 0 Å². The maximum Gasteiger partial charge on any atom is 0.253 e. The number of halogens is 1. The van der Waals surface area contributed by atoms with Gasteiger partial charge in [-0.25, -0.2) is 0 Å². The number of amides is 2. The molecule has 0 spiro atoms. The zero-order valence-corrected chi connectivity index (χ0v) is 13.6. The minimum absolute atomic E-state index is 0. The van der Waals surface area contributed by atoms with Crippen molar-refractivity contribution >= 4 is 29.9 Å². The Morgan fingerprint density at radius 1 is 1.27 bits per heavy atom. The number of hydrogen-bond donors (Lipinski definition) is 3.